The summed E-state index contributed by atoms with van der Waals surface area (Å²) in [4.78, 5) is 8.19. The lowest BCUT2D eigenvalue weighted by Crippen LogP contribution is -1.99. The molecule has 0 radical (unpaired) electrons. The zero-order chi connectivity index (χ0) is 15.5. The minimum Gasteiger partial charge on any atom is -0.383 e. The van der Waals surface area contributed by atoms with E-state index in [-0.39, 0.29) is 0 Å². The highest BCUT2D eigenvalue weighted by Gasteiger charge is 2.09. The van der Waals surface area contributed by atoms with Crippen molar-refractivity contribution < 1.29 is 4.52 Å². The summed E-state index contributed by atoms with van der Waals surface area (Å²) in [6.45, 7) is 0. The van der Waals surface area contributed by atoms with Gasteiger partial charge >= 0.3 is 0 Å². The zero-order valence-electron chi connectivity index (χ0n) is 11.4. The summed E-state index contributed by atoms with van der Waals surface area (Å²) in [5.74, 6) is 1.92. The molecule has 0 bridgehead atoms. The van der Waals surface area contributed by atoms with Gasteiger partial charge in [0.25, 0.3) is 0 Å². The van der Waals surface area contributed by atoms with Crippen molar-refractivity contribution in [3.63, 3.8) is 0 Å². The maximum absolute atomic E-state index is 5.87. The Balaban J connectivity index is 1.70. The van der Waals surface area contributed by atoms with Gasteiger partial charge in [-0.25, -0.2) is 9.97 Å². The number of thioether (sulfide) groups is 1. The molecule has 0 aliphatic carbocycles. The van der Waals surface area contributed by atoms with Gasteiger partial charge in [0.2, 0.25) is 0 Å². The molecule has 4 N–H and O–H groups in total. The Morgan fingerprint density at radius 1 is 1.05 bits per heavy atom. The van der Waals surface area contributed by atoms with Crippen molar-refractivity contribution >= 4 is 35.0 Å². The fourth-order valence-corrected chi connectivity index (χ4v) is 2.67. The van der Waals surface area contributed by atoms with Crippen LogP contribution in [0.1, 0.15) is 5.76 Å². The summed E-state index contributed by atoms with van der Waals surface area (Å²) in [6.07, 6.45) is 0. The van der Waals surface area contributed by atoms with E-state index in [1.165, 1.54) is 17.8 Å². The van der Waals surface area contributed by atoms with Gasteiger partial charge in [-0.15, -0.1) is 0 Å². The Morgan fingerprint density at radius 2 is 1.73 bits per heavy atom. The molecule has 0 fully saturated rings. The van der Waals surface area contributed by atoms with Crippen molar-refractivity contribution in [1.82, 2.24) is 15.1 Å². The molecule has 22 heavy (non-hydrogen) atoms. The molecule has 2 aromatic heterocycles. The largest absolute Gasteiger partial charge is 0.383 e. The molecule has 0 unspecified atom stereocenters. The molecule has 0 atom stereocenters. The molecule has 0 saturated heterocycles. The molecular weight excluding hydrogens is 322 g/mol. The van der Waals surface area contributed by atoms with E-state index in [9.17, 15) is 0 Å². The summed E-state index contributed by atoms with van der Waals surface area (Å²) >= 11 is 7.24. The van der Waals surface area contributed by atoms with Gasteiger partial charge in [-0.05, 0) is 12.1 Å². The Bertz CT molecular complexity index is 770. The van der Waals surface area contributed by atoms with Crippen LogP contribution >= 0.6 is 23.4 Å². The van der Waals surface area contributed by atoms with Crippen LogP contribution in [0.2, 0.25) is 5.02 Å². The Hall–Kier alpha value is -2.25. The lowest BCUT2D eigenvalue weighted by molar-refractivity contribution is 0.397. The Labute approximate surface area is 135 Å². The van der Waals surface area contributed by atoms with Crippen molar-refractivity contribution in [1.29, 1.82) is 0 Å². The van der Waals surface area contributed by atoms with E-state index in [4.69, 9.17) is 27.6 Å². The fourth-order valence-electron chi connectivity index (χ4n) is 1.80. The van der Waals surface area contributed by atoms with Crippen LogP contribution < -0.4 is 11.5 Å². The molecule has 0 amide bonds. The first kappa shape index (κ1) is 14.7. The molecular formula is C14H12ClN5OS. The number of benzene rings is 1. The number of halogens is 1. The molecule has 1 aromatic carbocycles. The monoisotopic (exact) mass is 333 g/mol. The number of nitrogens with zero attached hydrogens (tertiary/aromatic N) is 3. The van der Waals surface area contributed by atoms with Crippen molar-refractivity contribution in [3.8, 4) is 11.3 Å². The molecule has 6 nitrogen and oxygen atoms in total. The van der Waals surface area contributed by atoms with Crippen LogP contribution in [-0.4, -0.2) is 15.1 Å². The summed E-state index contributed by atoms with van der Waals surface area (Å²) in [6, 6.07) is 10.8. The van der Waals surface area contributed by atoms with E-state index in [1.54, 1.807) is 0 Å². The summed E-state index contributed by atoms with van der Waals surface area (Å²) in [5, 5.41) is 5.22. The maximum Gasteiger partial charge on any atom is 0.191 e. The minimum atomic E-state index is 0.342. The molecule has 112 valence electrons. The lowest BCUT2D eigenvalue weighted by atomic mass is 10.1. The number of hydrogen-bond donors (Lipinski definition) is 2. The van der Waals surface area contributed by atoms with Crippen molar-refractivity contribution in [3.05, 3.63) is 47.2 Å². The molecule has 0 spiro atoms. The third-order valence-electron chi connectivity index (χ3n) is 2.79. The van der Waals surface area contributed by atoms with Crippen LogP contribution in [0.3, 0.4) is 0 Å². The first-order chi connectivity index (χ1) is 10.6. The average Bonchev–Trinajstić information content (AvgIpc) is 2.94. The van der Waals surface area contributed by atoms with E-state index < -0.39 is 0 Å². The normalized spacial score (nSPS) is 10.8. The number of nitrogens with two attached hydrogens (primary N) is 2. The summed E-state index contributed by atoms with van der Waals surface area (Å²) in [7, 11) is 0. The second kappa shape index (κ2) is 6.25. The van der Waals surface area contributed by atoms with Crippen LogP contribution in [0, 0.1) is 0 Å². The quantitative estimate of drug-likeness (QED) is 0.557. The van der Waals surface area contributed by atoms with E-state index in [1.807, 2.05) is 30.3 Å². The minimum absolute atomic E-state index is 0.342. The predicted octanol–water partition coefficient (Wildman–Crippen LogP) is 3.24. The van der Waals surface area contributed by atoms with Gasteiger partial charge in [0.05, 0.1) is 5.75 Å². The van der Waals surface area contributed by atoms with E-state index >= 15 is 0 Å². The average molecular weight is 334 g/mol. The highest BCUT2D eigenvalue weighted by molar-refractivity contribution is 7.98. The van der Waals surface area contributed by atoms with E-state index in [2.05, 4.69) is 15.1 Å². The van der Waals surface area contributed by atoms with Gasteiger partial charge in [0.15, 0.2) is 5.16 Å². The number of hydrogen-bond acceptors (Lipinski definition) is 7. The molecule has 8 heteroatoms. The topological polar surface area (TPSA) is 104 Å². The third-order valence-corrected chi connectivity index (χ3v) is 3.91. The van der Waals surface area contributed by atoms with Crippen LogP contribution in [0.4, 0.5) is 11.6 Å². The van der Waals surface area contributed by atoms with Gasteiger partial charge in [-0.1, -0.05) is 40.7 Å². The van der Waals surface area contributed by atoms with Gasteiger partial charge in [0.1, 0.15) is 23.1 Å². The summed E-state index contributed by atoms with van der Waals surface area (Å²) in [5.41, 5.74) is 12.9. The molecule has 0 aliphatic heterocycles. The van der Waals surface area contributed by atoms with Crippen LogP contribution in [0.25, 0.3) is 11.3 Å². The lowest BCUT2D eigenvalue weighted by Gasteiger charge is -2.00. The molecule has 0 saturated carbocycles. The van der Waals surface area contributed by atoms with Gasteiger partial charge in [-0.3, -0.25) is 0 Å². The SMILES string of the molecule is Nc1cc(N)nc(SCc2cc(-c3ccc(Cl)cc3)no2)n1. The fraction of sp³-hybridized carbons (Fsp3) is 0.0714. The first-order valence-electron chi connectivity index (χ1n) is 6.34. The Morgan fingerprint density at radius 3 is 2.41 bits per heavy atom. The van der Waals surface area contributed by atoms with E-state index in [0.29, 0.717) is 33.3 Å². The standard InChI is InChI=1S/C14H12ClN5OS/c15-9-3-1-8(2-4-9)11-5-10(21-20-11)7-22-14-18-12(16)6-13(17)19-14/h1-6H,7H2,(H4,16,17,18,19). The van der Waals surface area contributed by atoms with Gasteiger partial charge < -0.3 is 16.0 Å². The van der Waals surface area contributed by atoms with Gasteiger partial charge in [0, 0.05) is 22.7 Å². The maximum atomic E-state index is 5.87. The van der Waals surface area contributed by atoms with Gasteiger partial charge in [-0.2, -0.15) is 0 Å². The van der Waals surface area contributed by atoms with Crippen LogP contribution in [0.5, 0.6) is 0 Å². The highest BCUT2D eigenvalue weighted by atomic mass is 35.5. The number of anilines is 2. The highest BCUT2D eigenvalue weighted by Crippen LogP contribution is 2.25. The number of nitrogen functional groups attached to an aromatic ring is 2. The molecule has 2 heterocycles. The molecule has 3 rings (SSSR count). The van der Waals surface area contributed by atoms with E-state index in [0.717, 1.165) is 11.3 Å². The molecule has 0 aliphatic rings. The third kappa shape index (κ3) is 3.49. The predicted molar refractivity (Wildman–Crippen MR) is 87.4 cm³/mol. The second-order valence-electron chi connectivity index (χ2n) is 4.47. The second-order valence-corrected chi connectivity index (χ2v) is 5.85. The van der Waals surface area contributed by atoms with Crippen molar-refractivity contribution in [2.24, 2.45) is 0 Å². The van der Waals surface area contributed by atoms with Crippen LogP contribution in [-0.2, 0) is 5.75 Å². The first-order valence-corrected chi connectivity index (χ1v) is 7.71. The number of aromatic nitrogens is 3. The van der Waals surface area contributed by atoms with Crippen molar-refractivity contribution in [2.75, 3.05) is 11.5 Å². The number of rotatable bonds is 4. The zero-order valence-corrected chi connectivity index (χ0v) is 12.9. The summed E-state index contributed by atoms with van der Waals surface area (Å²) < 4.78 is 5.31. The Kier molecular flexibility index (Phi) is 4.17. The van der Waals surface area contributed by atoms with Crippen LogP contribution in [0.15, 0.2) is 46.1 Å². The van der Waals surface area contributed by atoms with Crippen molar-refractivity contribution in [2.45, 2.75) is 10.9 Å². The molecule has 3 aromatic rings. The smallest absolute Gasteiger partial charge is 0.191 e.